The number of furan rings is 1. The van der Waals surface area contributed by atoms with Crippen LogP contribution >= 0.6 is 0 Å². The van der Waals surface area contributed by atoms with Gasteiger partial charge in [-0.15, -0.1) is 0 Å². The van der Waals surface area contributed by atoms with Gasteiger partial charge in [0.2, 0.25) is 6.41 Å². The quantitative estimate of drug-likeness (QED) is 0.160. The van der Waals surface area contributed by atoms with Gasteiger partial charge in [0, 0.05) is 28.2 Å². The maximum absolute atomic E-state index is 13.3. The first-order valence-electron chi connectivity index (χ1n) is 12.9. The maximum atomic E-state index is 13.3. The zero-order valence-electron chi connectivity index (χ0n) is 23.0. The monoisotopic (exact) mass is 558 g/mol. The minimum atomic E-state index is -1.46. The molecule has 2 heterocycles. The summed E-state index contributed by atoms with van der Waals surface area (Å²) in [6, 6.07) is 13.6. The SMILES string of the molecule is C/C(=C\c1[nH]c(C)c(NC(=O)C(O)c2ccco2)c1C)c1cc(C(=O)NC(C)c2ccc(F)cc2)ccc1NC=O. The summed E-state index contributed by atoms with van der Waals surface area (Å²) in [6.45, 7) is 7.26. The minimum absolute atomic E-state index is 0.135. The standard InChI is InChI=1S/C31H31FN4O5/c1-17(14-26-18(2)28(20(4)34-26)36-31(40)29(38)27-6-5-13-41-27)24-15-22(9-12-25(24)33-16-37)30(39)35-19(3)21-7-10-23(32)11-8-21/h5-16,19,29,34,38H,1-4H3,(H,33,37)(H,35,39)(H,36,40)/b17-14+. The molecule has 2 aromatic heterocycles. The van der Waals surface area contributed by atoms with Crippen LogP contribution in [0.4, 0.5) is 15.8 Å². The van der Waals surface area contributed by atoms with Gasteiger partial charge in [0.25, 0.3) is 11.8 Å². The number of carbonyl (C=O) groups excluding carboxylic acids is 3. The molecule has 0 fully saturated rings. The zero-order valence-corrected chi connectivity index (χ0v) is 23.0. The van der Waals surface area contributed by atoms with Crippen LogP contribution in [0.1, 0.15) is 70.2 Å². The number of hydrogen-bond donors (Lipinski definition) is 5. The molecule has 10 heteroatoms. The molecule has 0 saturated heterocycles. The smallest absolute Gasteiger partial charge is 0.261 e. The summed E-state index contributed by atoms with van der Waals surface area (Å²) >= 11 is 0. The Morgan fingerprint density at radius 3 is 2.49 bits per heavy atom. The number of aryl methyl sites for hydroxylation is 1. The van der Waals surface area contributed by atoms with Gasteiger partial charge in [-0.2, -0.15) is 0 Å². The lowest BCUT2D eigenvalue weighted by Gasteiger charge is -2.16. The van der Waals surface area contributed by atoms with Gasteiger partial charge in [0.15, 0.2) is 6.10 Å². The van der Waals surface area contributed by atoms with E-state index in [1.54, 1.807) is 50.2 Å². The topological polar surface area (TPSA) is 136 Å². The molecule has 2 aromatic carbocycles. The third-order valence-electron chi connectivity index (χ3n) is 6.78. The molecule has 0 aliphatic heterocycles. The Hall–Kier alpha value is -4.96. The number of hydrogen-bond acceptors (Lipinski definition) is 5. The minimum Gasteiger partial charge on any atom is -0.466 e. The molecule has 0 saturated carbocycles. The molecule has 4 rings (SSSR count). The van der Waals surface area contributed by atoms with E-state index in [0.29, 0.717) is 40.3 Å². The van der Waals surface area contributed by atoms with Crippen LogP contribution in [0.5, 0.6) is 0 Å². The first-order valence-corrected chi connectivity index (χ1v) is 12.9. The van der Waals surface area contributed by atoms with Crippen LogP contribution in [-0.4, -0.2) is 28.3 Å². The number of halogens is 1. The van der Waals surface area contributed by atoms with Crippen molar-refractivity contribution in [2.45, 2.75) is 39.8 Å². The second-order valence-electron chi connectivity index (χ2n) is 9.67. The van der Waals surface area contributed by atoms with E-state index < -0.39 is 12.0 Å². The predicted octanol–water partition coefficient (Wildman–Crippen LogP) is 5.66. The van der Waals surface area contributed by atoms with Crippen molar-refractivity contribution < 1.29 is 28.3 Å². The lowest BCUT2D eigenvalue weighted by molar-refractivity contribution is -0.125. The number of carbonyl (C=O) groups is 3. The second kappa shape index (κ2) is 12.5. The molecule has 0 bridgehead atoms. The third-order valence-corrected chi connectivity index (χ3v) is 6.78. The van der Waals surface area contributed by atoms with Crippen LogP contribution in [-0.2, 0) is 9.59 Å². The average molecular weight is 559 g/mol. The summed E-state index contributed by atoms with van der Waals surface area (Å²) in [5, 5.41) is 18.6. The number of anilines is 2. The highest BCUT2D eigenvalue weighted by atomic mass is 19.1. The fourth-order valence-corrected chi connectivity index (χ4v) is 4.48. The normalized spacial score (nSPS) is 12.9. The first kappa shape index (κ1) is 29.0. The van der Waals surface area contributed by atoms with Crippen molar-refractivity contribution in [2.75, 3.05) is 10.6 Å². The van der Waals surface area contributed by atoms with Crippen molar-refractivity contribution in [1.29, 1.82) is 0 Å². The van der Waals surface area contributed by atoms with E-state index in [9.17, 15) is 23.9 Å². The second-order valence-corrected chi connectivity index (χ2v) is 9.67. The Labute approximate surface area is 236 Å². The Kier molecular flexibility index (Phi) is 8.84. The number of amides is 3. The Bertz CT molecular complexity index is 1590. The van der Waals surface area contributed by atoms with E-state index in [4.69, 9.17) is 4.42 Å². The lowest BCUT2D eigenvalue weighted by atomic mass is 9.99. The fraction of sp³-hybridized carbons (Fsp3) is 0.194. The van der Waals surface area contributed by atoms with Gasteiger partial charge in [-0.25, -0.2) is 4.39 Å². The van der Waals surface area contributed by atoms with Crippen LogP contribution in [0.3, 0.4) is 0 Å². The maximum Gasteiger partial charge on any atom is 0.261 e. The van der Waals surface area contributed by atoms with E-state index in [1.165, 1.54) is 24.5 Å². The van der Waals surface area contributed by atoms with Gasteiger partial charge in [-0.05, 0) is 92.9 Å². The molecular formula is C31H31FN4O5. The molecule has 0 spiro atoms. The number of allylic oxidation sites excluding steroid dienone is 1. The fourth-order valence-electron chi connectivity index (χ4n) is 4.48. The molecule has 9 nitrogen and oxygen atoms in total. The van der Waals surface area contributed by atoms with Crippen molar-refractivity contribution in [3.8, 4) is 0 Å². The number of benzene rings is 2. The van der Waals surface area contributed by atoms with Crippen molar-refractivity contribution in [2.24, 2.45) is 0 Å². The van der Waals surface area contributed by atoms with E-state index in [2.05, 4.69) is 20.9 Å². The average Bonchev–Trinajstić information content (AvgIpc) is 3.58. The van der Waals surface area contributed by atoms with Crippen LogP contribution in [0, 0.1) is 19.7 Å². The van der Waals surface area contributed by atoms with E-state index >= 15 is 0 Å². The van der Waals surface area contributed by atoms with E-state index in [-0.39, 0.29) is 23.5 Å². The van der Waals surface area contributed by atoms with Gasteiger partial charge < -0.3 is 30.5 Å². The summed E-state index contributed by atoms with van der Waals surface area (Å²) in [4.78, 5) is 40.2. The van der Waals surface area contributed by atoms with Crippen molar-refractivity contribution >= 4 is 41.2 Å². The highest BCUT2D eigenvalue weighted by Crippen LogP contribution is 2.31. The number of aliphatic hydroxyl groups is 1. The molecule has 212 valence electrons. The lowest BCUT2D eigenvalue weighted by Crippen LogP contribution is -2.26. The van der Waals surface area contributed by atoms with Gasteiger partial charge in [-0.3, -0.25) is 14.4 Å². The Balaban J connectivity index is 1.59. The molecule has 0 aliphatic carbocycles. The van der Waals surface area contributed by atoms with Gasteiger partial charge in [0.05, 0.1) is 18.0 Å². The molecule has 41 heavy (non-hydrogen) atoms. The summed E-state index contributed by atoms with van der Waals surface area (Å²) in [7, 11) is 0. The van der Waals surface area contributed by atoms with Crippen LogP contribution in [0.15, 0.2) is 65.3 Å². The molecule has 0 aliphatic rings. The summed E-state index contributed by atoms with van der Waals surface area (Å²) in [5.41, 5.74) is 5.61. The summed E-state index contributed by atoms with van der Waals surface area (Å²) < 4.78 is 18.4. The molecule has 3 amide bonds. The van der Waals surface area contributed by atoms with Crippen molar-refractivity contribution in [3.63, 3.8) is 0 Å². The van der Waals surface area contributed by atoms with Crippen LogP contribution in [0.25, 0.3) is 11.6 Å². The van der Waals surface area contributed by atoms with Crippen LogP contribution < -0.4 is 16.0 Å². The molecule has 5 N–H and O–H groups in total. The molecule has 2 unspecified atom stereocenters. The molecule has 2 atom stereocenters. The number of nitrogens with one attached hydrogen (secondary N) is 4. The Morgan fingerprint density at radius 2 is 1.83 bits per heavy atom. The number of aromatic amines is 1. The third kappa shape index (κ3) is 6.62. The largest absolute Gasteiger partial charge is 0.466 e. The molecule has 0 radical (unpaired) electrons. The number of aromatic nitrogens is 1. The van der Waals surface area contributed by atoms with E-state index in [0.717, 1.165) is 16.7 Å². The predicted molar refractivity (Wildman–Crippen MR) is 155 cm³/mol. The highest BCUT2D eigenvalue weighted by Gasteiger charge is 2.23. The number of H-pyrrole nitrogens is 1. The zero-order chi connectivity index (χ0) is 29.7. The summed E-state index contributed by atoms with van der Waals surface area (Å²) in [6.07, 6.45) is 2.32. The van der Waals surface area contributed by atoms with Gasteiger partial charge in [0.1, 0.15) is 11.6 Å². The van der Waals surface area contributed by atoms with Gasteiger partial charge >= 0.3 is 0 Å². The molecular weight excluding hydrogens is 527 g/mol. The van der Waals surface area contributed by atoms with Crippen LogP contribution in [0.2, 0.25) is 0 Å². The van der Waals surface area contributed by atoms with Crippen molar-refractivity contribution in [3.05, 3.63) is 106 Å². The number of aliphatic hydroxyl groups excluding tert-OH is 1. The Morgan fingerprint density at radius 1 is 1.10 bits per heavy atom. The first-order chi connectivity index (χ1) is 19.6. The van der Waals surface area contributed by atoms with E-state index in [1.807, 2.05) is 19.9 Å². The number of rotatable bonds is 10. The highest BCUT2D eigenvalue weighted by molar-refractivity contribution is 5.99. The summed E-state index contributed by atoms with van der Waals surface area (Å²) in [5.74, 6) is -1.19. The molecule has 4 aromatic rings. The van der Waals surface area contributed by atoms with Gasteiger partial charge in [-0.1, -0.05) is 12.1 Å². The van der Waals surface area contributed by atoms with Crippen molar-refractivity contribution in [1.82, 2.24) is 10.3 Å².